The summed E-state index contributed by atoms with van der Waals surface area (Å²) in [6.07, 6.45) is 0. The van der Waals surface area contributed by atoms with Gasteiger partial charge in [0.05, 0.1) is 23.7 Å². The lowest BCUT2D eigenvalue weighted by molar-refractivity contribution is -0.146. The average Bonchev–Trinajstić information content (AvgIpc) is 2.69. The smallest absolute Gasteiger partial charge is 0.307 e. The van der Waals surface area contributed by atoms with Gasteiger partial charge in [-0.2, -0.15) is 0 Å². The van der Waals surface area contributed by atoms with E-state index in [4.69, 9.17) is 5.11 Å². The van der Waals surface area contributed by atoms with Crippen molar-refractivity contribution in [3.05, 3.63) is 16.1 Å². The highest BCUT2D eigenvalue weighted by Gasteiger charge is 2.25. The Balaban J connectivity index is 2.50. The second-order valence-electron chi connectivity index (χ2n) is 3.99. The first-order valence-electron chi connectivity index (χ1n) is 5.33. The van der Waals surface area contributed by atoms with E-state index in [2.05, 4.69) is 10.3 Å². The summed E-state index contributed by atoms with van der Waals surface area (Å²) in [5.74, 6) is -2.42. The summed E-state index contributed by atoms with van der Waals surface area (Å²) in [6, 6.07) is 0. The van der Waals surface area contributed by atoms with Gasteiger partial charge in [0.1, 0.15) is 0 Å². The number of carbonyl (C=O) groups excluding carboxylic acids is 1. The number of rotatable bonds is 5. The number of nitrogens with one attached hydrogen (secondary N) is 1. The number of thiazole rings is 1. The van der Waals surface area contributed by atoms with Gasteiger partial charge in [-0.25, -0.2) is 4.98 Å². The third-order valence-corrected chi connectivity index (χ3v) is 3.76. The molecule has 0 radical (unpaired) electrons. The molecule has 94 valence electrons. The van der Waals surface area contributed by atoms with E-state index in [1.54, 1.807) is 12.4 Å². The third-order valence-electron chi connectivity index (χ3n) is 2.82. The van der Waals surface area contributed by atoms with Crippen molar-refractivity contribution in [2.45, 2.75) is 27.3 Å². The summed E-state index contributed by atoms with van der Waals surface area (Å²) < 4.78 is 0. The number of hydrogen-bond acceptors (Lipinski definition) is 4. The Morgan fingerprint density at radius 2 is 2.12 bits per heavy atom. The number of aliphatic carboxylic acids is 1. The lowest BCUT2D eigenvalue weighted by atomic mass is 9.95. The molecule has 0 aliphatic rings. The van der Waals surface area contributed by atoms with E-state index in [-0.39, 0.29) is 5.91 Å². The molecule has 1 amide bonds. The number of carboxylic acids is 1. The number of carboxylic acid groups (broad SMARTS) is 1. The molecule has 0 saturated carbocycles. The standard InChI is InChI=1S/C11H16N2O3S/c1-6(7(2)11(15)16)10(14)12-4-9-8(3)13-5-17-9/h5-7H,4H2,1-3H3,(H,12,14)(H,15,16). The van der Waals surface area contributed by atoms with Crippen LogP contribution < -0.4 is 5.32 Å². The van der Waals surface area contributed by atoms with Crippen LogP contribution in [0.5, 0.6) is 0 Å². The lowest BCUT2D eigenvalue weighted by Crippen LogP contribution is -2.34. The summed E-state index contributed by atoms with van der Waals surface area (Å²) >= 11 is 1.48. The number of amides is 1. The molecule has 0 aliphatic heterocycles. The van der Waals surface area contributed by atoms with Crippen molar-refractivity contribution in [3.63, 3.8) is 0 Å². The molecular weight excluding hydrogens is 240 g/mol. The minimum absolute atomic E-state index is 0.243. The molecule has 2 atom stereocenters. The van der Waals surface area contributed by atoms with Gasteiger partial charge >= 0.3 is 5.97 Å². The largest absolute Gasteiger partial charge is 0.481 e. The molecule has 2 N–H and O–H groups in total. The fraction of sp³-hybridized carbons (Fsp3) is 0.545. The molecule has 0 spiro atoms. The fourth-order valence-corrected chi connectivity index (χ4v) is 1.98. The molecule has 1 aromatic heterocycles. The number of aromatic nitrogens is 1. The van der Waals surface area contributed by atoms with Crippen LogP contribution in [0.2, 0.25) is 0 Å². The molecular formula is C11H16N2O3S. The van der Waals surface area contributed by atoms with Crippen molar-refractivity contribution in [1.29, 1.82) is 0 Å². The van der Waals surface area contributed by atoms with Crippen molar-refractivity contribution >= 4 is 23.2 Å². The minimum Gasteiger partial charge on any atom is -0.481 e. The molecule has 0 fully saturated rings. The van der Waals surface area contributed by atoms with Crippen LogP contribution in [-0.2, 0) is 16.1 Å². The second-order valence-corrected chi connectivity index (χ2v) is 4.93. The summed E-state index contributed by atoms with van der Waals surface area (Å²) in [7, 11) is 0. The Morgan fingerprint density at radius 3 is 2.59 bits per heavy atom. The van der Waals surface area contributed by atoms with Crippen molar-refractivity contribution in [1.82, 2.24) is 10.3 Å². The van der Waals surface area contributed by atoms with Gasteiger partial charge in [0, 0.05) is 10.8 Å². The maximum absolute atomic E-state index is 11.7. The second kappa shape index (κ2) is 5.77. The van der Waals surface area contributed by atoms with E-state index in [1.165, 1.54) is 18.3 Å². The first-order chi connectivity index (χ1) is 7.93. The van der Waals surface area contributed by atoms with E-state index < -0.39 is 17.8 Å². The maximum atomic E-state index is 11.7. The summed E-state index contributed by atoms with van der Waals surface area (Å²) in [5, 5.41) is 11.5. The molecule has 0 saturated heterocycles. The molecule has 0 bridgehead atoms. The van der Waals surface area contributed by atoms with E-state index >= 15 is 0 Å². The van der Waals surface area contributed by atoms with E-state index in [1.807, 2.05) is 6.92 Å². The van der Waals surface area contributed by atoms with Crippen molar-refractivity contribution < 1.29 is 14.7 Å². The lowest BCUT2D eigenvalue weighted by Gasteiger charge is -2.15. The Kier molecular flexibility index (Phi) is 4.62. The normalized spacial score (nSPS) is 14.1. The van der Waals surface area contributed by atoms with Gasteiger partial charge < -0.3 is 10.4 Å². The molecule has 1 aromatic rings. The molecule has 1 rings (SSSR count). The predicted molar refractivity (Wildman–Crippen MR) is 64.7 cm³/mol. The zero-order valence-corrected chi connectivity index (χ0v) is 10.9. The zero-order valence-electron chi connectivity index (χ0n) is 10.1. The van der Waals surface area contributed by atoms with Crippen molar-refractivity contribution in [2.75, 3.05) is 0 Å². The molecule has 17 heavy (non-hydrogen) atoms. The van der Waals surface area contributed by atoms with Crippen LogP contribution in [0.25, 0.3) is 0 Å². The van der Waals surface area contributed by atoms with Gasteiger partial charge in [0.25, 0.3) is 0 Å². The summed E-state index contributed by atoms with van der Waals surface area (Å²) in [4.78, 5) is 27.5. The van der Waals surface area contributed by atoms with E-state index in [9.17, 15) is 9.59 Å². The van der Waals surface area contributed by atoms with Crippen molar-refractivity contribution in [2.24, 2.45) is 11.8 Å². The third kappa shape index (κ3) is 3.52. The zero-order chi connectivity index (χ0) is 13.0. The van der Waals surface area contributed by atoms with Crippen LogP contribution in [0.3, 0.4) is 0 Å². The highest BCUT2D eigenvalue weighted by Crippen LogP contribution is 2.14. The van der Waals surface area contributed by atoms with Gasteiger partial charge in [0.15, 0.2) is 0 Å². The Morgan fingerprint density at radius 1 is 1.47 bits per heavy atom. The van der Waals surface area contributed by atoms with Crippen LogP contribution in [-0.4, -0.2) is 22.0 Å². The van der Waals surface area contributed by atoms with Gasteiger partial charge in [-0.15, -0.1) is 11.3 Å². The van der Waals surface area contributed by atoms with Gasteiger partial charge in [-0.05, 0) is 6.92 Å². The van der Waals surface area contributed by atoms with Gasteiger partial charge in [0.2, 0.25) is 5.91 Å². The van der Waals surface area contributed by atoms with Crippen LogP contribution in [0.4, 0.5) is 0 Å². The Bertz CT molecular complexity index is 417. The summed E-state index contributed by atoms with van der Waals surface area (Å²) in [6.45, 7) is 5.44. The average molecular weight is 256 g/mol. The SMILES string of the molecule is Cc1ncsc1CNC(=O)C(C)C(C)C(=O)O. The number of carbonyl (C=O) groups is 2. The Labute approximate surface area is 104 Å². The maximum Gasteiger partial charge on any atom is 0.307 e. The predicted octanol–water partition coefficient (Wildman–Crippen LogP) is 1.42. The highest BCUT2D eigenvalue weighted by molar-refractivity contribution is 7.09. The number of aryl methyl sites for hydroxylation is 1. The molecule has 0 aliphatic carbocycles. The molecule has 1 heterocycles. The molecule has 0 aromatic carbocycles. The van der Waals surface area contributed by atoms with Gasteiger partial charge in [-0.1, -0.05) is 13.8 Å². The molecule has 5 nitrogen and oxygen atoms in total. The van der Waals surface area contributed by atoms with Gasteiger partial charge in [-0.3, -0.25) is 9.59 Å². The number of hydrogen-bond donors (Lipinski definition) is 2. The minimum atomic E-state index is -0.957. The quantitative estimate of drug-likeness (QED) is 0.835. The monoisotopic (exact) mass is 256 g/mol. The van der Waals surface area contributed by atoms with Crippen LogP contribution in [0.1, 0.15) is 24.4 Å². The van der Waals surface area contributed by atoms with E-state index in [0.717, 1.165) is 10.6 Å². The van der Waals surface area contributed by atoms with Crippen LogP contribution in [0, 0.1) is 18.8 Å². The molecule has 2 unspecified atom stereocenters. The highest BCUT2D eigenvalue weighted by atomic mass is 32.1. The molecule has 6 heteroatoms. The fourth-order valence-electron chi connectivity index (χ4n) is 1.27. The number of nitrogens with zero attached hydrogens (tertiary/aromatic N) is 1. The Hall–Kier alpha value is -1.43. The van der Waals surface area contributed by atoms with Crippen LogP contribution >= 0.6 is 11.3 Å². The van der Waals surface area contributed by atoms with E-state index in [0.29, 0.717) is 6.54 Å². The van der Waals surface area contributed by atoms with Crippen LogP contribution in [0.15, 0.2) is 5.51 Å². The first kappa shape index (κ1) is 13.6. The summed E-state index contributed by atoms with van der Waals surface area (Å²) in [5.41, 5.74) is 2.62. The first-order valence-corrected chi connectivity index (χ1v) is 6.21. The topological polar surface area (TPSA) is 79.3 Å². The van der Waals surface area contributed by atoms with Crippen molar-refractivity contribution in [3.8, 4) is 0 Å².